The highest BCUT2D eigenvalue weighted by Crippen LogP contribution is 1.90. The summed E-state index contributed by atoms with van der Waals surface area (Å²) in [6.45, 7) is 1.52. The minimum absolute atomic E-state index is 0.633. The van der Waals surface area contributed by atoms with E-state index in [2.05, 4.69) is 20.5 Å². The lowest BCUT2D eigenvalue weighted by molar-refractivity contribution is 0.865. The number of hydrogen-bond donors (Lipinski definition) is 3. The van der Waals surface area contributed by atoms with E-state index < -0.39 is 0 Å². The normalized spacial score (nSPS) is 9.70. The summed E-state index contributed by atoms with van der Waals surface area (Å²) in [5.74, 6) is 0.633. The third-order valence-electron chi connectivity index (χ3n) is 1.08. The second-order valence-corrected chi connectivity index (χ2v) is 1.89. The molecule has 5 heteroatoms. The molecule has 1 aromatic rings. The van der Waals surface area contributed by atoms with Crippen LogP contribution in [0.1, 0.15) is 6.42 Å². The summed E-state index contributed by atoms with van der Waals surface area (Å²) in [6, 6.07) is 0. The average Bonchev–Trinajstić information content (AvgIpc) is 2.41. The molecule has 0 atom stereocenters. The van der Waals surface area contributed by atoms with Crippen molar-refractivity contribution in [3.63, 3.8) is 0 Å². The van der Waals surface area contributed by atoms with Gasteiger partial charge in [-0.1, -0.05) is 0 Å². The van der Waals surface area contributed by atoms with Gasteiger partial charge in [0.1, 0.15) is 6.33 Å². The van der Waals surface area contributed by atoms with Crippen molar-refractivity contribution >= 4 is 5.95 Å². The van der Waals surface area contributed by atoms with Crippen molar-refractivity contribution in [2.45, 2.75) is 6.42 Å². The van der Waals surface area contributed by atoms with E-state index in [4.69, 9.17) is 5.73 Å². The van der Waals surface area contributed by atoms with Crippen molar-refractivity contribution in [3.05, 3.63) is 6.33 Å². The van der Waals surface area contributed by atoms with Crippen LogP contribution in [0.5, 0.6) is 0 Å². The Balaban J connectivity index is 2.15. The predicted octanol–water partition coefficient (Wildman–Crippen LogP) is -0.435. The predicted molar refractivity (Wildman–Crippen MR) is 38.5 cm³/mol. The molecule has 1 rings (SSSR count). The highest BCUT2D eigenvalue weighted by atomic mass is 15.3. The van der Waals surface area contributed by atoms with Gasteiger partial charge >= 0.3 is 0 Å². The Morgan fingerprint density at radius 3 is 3.20 bits per heavy atom. The van der Waals surface area contributed by atoms with Crippen LogP contribution < -0.4 is 11.1 Å². The molecule has 0 unspecified atom stereocenters. The van der Waals surface area contributed by atoms with Crippen LogP contribution >= 0.6 is 0 Å². The first kappa shape index (κ1) is 7.01. The van der Waals surface area contributed by atoms with Crippen molar-refractivity contribution in [2.24, 2.45) is 5.73 Å². The van der Waals surface area contributed by atoms with Gasteiger partial charge in [-0.05, 0) is 13.0 Å². The first-order valence-electron chi connectivity index (χ1n) is 3.23. The molecule has 0 aromatic carbocycles. The number of nitrogens with one attached hydrogen (secondary N) is 2. The van der Waals surface area contributed by atoms with Gasteiger partial charge < -0.3 is 11.1 Å². The SMILES string of the molecule is NCCCNc1nc[nH]n1. The Kier molecular flexibility index (Phi) is 2.69. The summed E-state index contributed by atoms with van der Waals surface area (Å²) >= 11 is 0. The number of H-pyrrole nitrogens is 1. The lowest BCUT2D eigenvalue weighted by atomic mass is 10.4. The van der Waals surface area contributed by atoms with Crippen LogP contribution in [0.15, 0.2) is 6.33 Å². The quantitative estimate of drug-likeness (QED) is 0.497. The number of aromatic nitrogens is 3. The standard InChI is InChI=1S/C5H11N5/c6-2-1-3-7-5-8-4-9-10-5/h4H,1-3,6H2,(H2,7,8,9,10). The van der Waals surface area contributed by atoms with E-state index in [0.29, 0.717) is 12.5 Å². The number of nitrogens with zero attached hydrogens (tertiary/aromatic N) is 2. The molecule has 0 fully saturated rings. The molecule has 1 heterocycles. The number of hydrogen-bond acceptors (Lipinski definition) is 4. The maximum atomic E-state index is 5.28. The monoisotopic (exact) mass is 141 g/mol. The van der Waals surface area contributed by atoms with Gasteiger partial charge in [0, 0.05) is 6.54 Å². The summed E-state index contributed by atoms with van der Waals surface area (Å²) in [6.07, 6.45) is 2.47. The number of nitrogens with two attached hydrogens (primary N) is 1. The molecule has 0 radical (unpaired) electrons. The third-order valence-corrected chi connectivity index (χ3v) is 1.08. The van der Waals surface area contributed by atoms with E-state index >= 15 is 0 Å². The Morgan fingerprint density at radius 2 is 2.60 bits per heavy atom. The van der Waals surface area contributed by atoms with Crippen LogP contribution in [-0.2, 0) is 0 Å². The molecule has 0 aliphatic rings. The minimum atomic E-state index is 0.633. The second-order valence-electron chi connectivity index (χ2n) is 1.89. The lowest BCUT2D eigenvalue weighted by Gasteiger charge is -1.96. The van der Waals surface area contributed by atoms with Gasteiger partial charge in [-0.25, -0.2) is 4.98 Å². The molecule has 0 bridgehead atoms. The van der Waals surface area contributed by atoms with E-state index in [1.165, 1.54) is 6.33 Å². The summed E-state index contributed by atoms with van der Waals surface area (Å²) in [5, 5.41) is 9.39. The van der Waals surface area contributed by atoms with Crippen LogP contribution in [0.3, 0.4) is 0 Å². The van der Waals surface area contributed by atoms with Crippen molar-refractivity contribution in [1.82, 2.24) is 15.2 Å². The highest BCUT2D eigenvalue weighted by Gasteiger charge is 1.90. The summed E-state index contributed by atoms with van der Waals surface area (Å²) in [7, 11) is 0. The van der Waals surface area contributed by atoms with Crippen molar-refractivity contribution in [2.75, 3.05) is 18.4 Å². The largest absolute Gasteiger partial charge is 0.353 e. The first-order valence-corrected chi connectivity index (χ1v) is 3.23. The minimum Gasteiger partial charge on any atom is -0.353 e. The zero-order chi connectivity index (χ0) is 7.23. The van der Waals surface area contributed by atoms with Crippen LogP contribution in [0, 0.1) is 0 Å². The fourth-order valence-electron chi connectivity index (χ4n) is 0.596. The topological polar surface area (TPSA) is 79.6 Å². The van der Waals surface area contributed by atoms with Gasteiger partial charge in [-0.3, -0.25) is 5.10 Å². The van der Waals surface area contributed by atoms with Gasteiger partial charge in [0.2, 0.25) is 5.95 Å². The average molecular weight is 141 g/mol. The molecule has 4 N–H and O–H groups in total. The number of aromatic amines is 1. The zero-order valence-electron chi connectivity index (χ0n) is 5.67. The van der Waals surface area contributed by atoms with Gasteiger partial charge in [0.05, 0.1) is 0 Å². The van der Waals surface area contributed by atoms with Crippen molar-refractivity contribution in [3.8, 4) is 0 Å². The molecule has 0 saturated heterocycles. The Morgan fingerprint density at radius 1 is 1.70 bits per heavy atom. The van der Waals surface area contributed by atoms with Gasteiger partial charge in [0.25, 0.3) is 0 Å². The third kappa shape index (κ3) is 2.02. The van der Waals surface area contributed by atoms with Gasteiger partial charge in [-0.2, -0.15) is 0 Å². The molecule has 0 saturated carbocycles. The van der Waals surface area contributed by atoms with Crippen LogP contribution in [0.4, 0.5) is 5.95 Å². The highest BCUT2D eigenvalue weighted by molar-refractivity contribution is 5.19. The Bertz CT molecular complexity index is 159. The number of anilines is 1. The molecule has 0 aliphatic heterocycles. The van der Waals surface area contributed by atoms with Crippen molar-refractivity contribution < 1.29 is 0 Å². The first-order chi connectivity index (χ1) is 4.93. The summed E-state index contributed by atoms with van der Waals surface area (Å²) < 4.78 is 0. The van der Waals surface area contributed by atoms with Gasteiger partial charge in [0.15, 0.2) is 0 Å². The van der Waals surface area contributed by atoms with Gasteiger partial charge in [-0.15, -0.1) is 5.10 Å². The van der Waals surface area contributed by atoms with E-state index in [9.17, 15) is 0 Å². The van der Waals surface area contributed by atoms with E-state index in [-0.39, 0.29) is 0 Å². The van der Waals surface area contributed by atoms with Crippen LogP contribution in [0.2, 0.25) is 0 Å². The van der Waals surface area contributed by atoms with E-state index in [0.717, 1.165) is 13.0 Å². The van der Waals surface area contributed by atoms with Crippen LogP contribution in [-0.4, -0.2) is 28.3 Å². The molecule has 0 amide bonds. The lowest BCUT2D eigenvalue weighted by Crippen LogP contribution is -2.09. The van der Waals surface area contributed by atoms with E-state index in [1.807, 2.05) is 0 Å². The summed E-state index contributed by atoms with van der Waals surface area (Å²) in [5.41, 5.74) is 5.28. The fraction of sp³-hybridized carbons (Fsp3) is 0.600. The summed E-state index contributed by atoms with van der Waals surface area (Å²) in [4.78, 5) is 3.87. The molecule has 5 nitrogen and oxygen atoms in total. The van der Waals surface area contributed by atoms with Crippen LogP contribution in [0.25, 0.3) is 0 Å². The maximum absolute atomic E-state index is 5.28. The van der Waals surface area contributed by atoms with E-state index in [1.54, 1.807) is 0 Å². The van der Waals surface area contributed by atoms with Crippen molar-refractivity contribution in [1.29, 1.82) is 0 Å². The molecule has 0 aliphatic carbocycles. The molecule has 0 spiro atoms. The zero-order valence-corrected chi connectivity index (χ0v) is 5.67. The molecule has 56 valence electrons. The Hall–Kier alpha value is -1.10. The number of rotatable bonds is 4. The smallest absolute Gasteiger partial charge is 0.241 e. The fourth-order valence-corrected chi connectivity index (χ4v) is 0.596. The molecule has 1 aromatic heterocycles. The maximum Gasteiger partial charge on any atom is 0.241 e. The molecule has 10 heavy (non-hydrogen) atoms. The second kappa shape index (κ2) is 3.84. The molecular weight excluding hydrogens is 130 g/mol. The Labute approximate surface area is 59.0 Å². The molecular formula is C5H11N5.